The molecule has 0 saturated carbocycles. The quantitative estimate of drug-likeness (QED) is 0.506. The summed E-state index contributed by atoms with van der Waals surface area (Å²) in [5.41, 5.74) is 0.964. The Balaban J connectivity index is 2.03. The van der Waals surface area contributed by atoms with E-state index in [0.717, 1.165) is 0 Å². The second-order valence-corrected chi connectivity index (χ2v) is 5.61. The van der Waals surface area contributed by atoms with E-state index in [1.807, 2.05) is 0 Å². The summed E-state index contributed by atoms with van der Waals surface area (Å²) in [6.45, 7) is 0.772. The minimum absolute atomic E-state index is 0.0102. The third kappa shape index (κ3) is 5.06. The van der Waals surface area contributed by atoms with Crippen molar-refractivity contribution < 1.29 is 29.2 Å². The smallest absolute Gasteiger partial charge is 0.166 e. The van der Waals surface area contributed by atoms with Crippen LogP contribution in [0, 0.1) is 0 Å². The molecule has 2 rings (SSSR count). The predicted octanol–water partition coefficient (Wildman–Crippen LogP) is 2.67. The second-order valence-electron chi connectivity index (χ2n) is 5.61. The highest BCUT2D eigenvalue weighted by Crippen LogP contribution is 2.34. The zero-order chi connectivity index (χ0) is 20.5. The first-order chi connectivity index (χ1) is 13.5. The van der Waals surface area contributed by atoms with Crippen molar-refractivity contribution in [2.24, 2.45) is 9.98 Å². The molecule has 0 fully saturated rings. The number of aliphatic imine (C=N–C) groups is 2. The second kappa shape index (κ2) is 10.1. The van der Waals surface area contributed by atoms with Crippen LogP contribution in [0.2, 0.25) is 0 Å². The van der Waals surface area contributed by atoms with Crippen LogP contribution >= 0.6 is 0 Å². The van der Waals surface area contributed by atoms with Crippen molar-refractivity contribution in [3.8, 4) is 34.5 Å². The Labute approximate surface area is 163 Å². The number of nitrogens with zero attached hydrogens (tertiary/aromatic N) is 2. The normalized spacial score (nSPS) is 11.1. The number of methoxy groups -OCH3 is 4. The summed E-state index contributed by atoms with van der Waals surface area (Å²) in [4.78, 5) is 8.51. The molecule has 0 bridgehead atoms. The fourth-order valence-electron chi connectivity index (χ4n) is 2.39. The molecule has 0 heterocycles. The molecule has 0 unspecified atom stereocenters. The molecule has 2 N–H and O–H groups in total. The van der Waals surface area contributed by atoms with Gasteiger partial charge in [-0.05, 0) is 12.1 Å². The fraction of sp³-hybridized carbons (Fsp3) is 0.300. The van der Waals surface area contributed by atoms with Crippen molar-refractivity contribution in [2.45, 2.75) is 0 Å². The minimum atomic E-state index is -0.0102. The van der Waals surface area contributed by atoms with Crippen LogP contribution in [0.25, 0.3) is 0 Å². The molecule has 8 heteroatoms. The molecule has 0 atom stereocenters. The maximum Gasteiger partial charge on any atom is 0.166 e. The van der Waals surface area contributed by atoms with E-state index in [2.05, 4.69) is 9.98 Å². The van der Waals surface area contributed by atoms with E-state index in [0.29, 0.717) is 47.2 Å². The van der Waals surface area contributed by atoms with Crippen LogP contribution in [0.3, 0.4) is 0 Å². The van der Waals surface area contributed by atoms with Gasteiger partial charge in [-0.25, -0.2) is 0 Å². The van der Waals surface area contributed by atoms with Gasteiger partial charge in [-0.3, -0.25) is 9.98 Å². The largest absolute Gasteiger partial charge is 0.504 e. The molecule has 8 nitrogen and oxygen atoms in total. The van der Waals surface area contributed by atoms with Gasteiger partial charge in [-0.1, -0.05) is 0 Å². The summed E-state index contributed by atoms with van der Waals surface area (Å²) in [6.07, 6.45) is 3.06. The van der Waals surface area contributed by atoms with Gasteiger partial charge in [-0.2, -0.15) is 0 Å². The minimum Gasteiger partial charge on any atom is -0.504 e. The van der Waals surface area contributed by atoms with Gasteiger partial charge in [0.05, 0.1) is 41.5 Å². The zero-order valence-electron chi connectivity index (χ0n) is 16.3. The van der Waals surface area contributed by atoms with E-state index in [-0.39, 0.29) is 11.5 Å². The SMILES string of the molecule is COc1cc(C=NCCN=Cc2cc(OC)cc(OC)c2O)c(O)c(OC)c1. The Hall–Kier alpha value is -3.42. The van der Waals surface area contributed by atoms with Crippen LogP contribution in [-0.2, 0) is 0 Å². The van der Waals surface area contributed by atoms with Gasteiger partial charge in [0.25, 0.3) is 0 Å². The lowest BCUT2D eigenvalue weighted by Crippen LogP contribution is -1.95. The van der Waals surface area contributed by atoms with E-state index in [1.54, 1.807) is 24.3 Å². The van der Waals surface area contributed by atoms with Crippen molar-refractivity contribution in [1.29, 1.82) is 0 Å². The molecule has 0 amide bonds. The van der Waals surface area contributed by atoms with Crippen LogP contribution in [0.4, 0.5) is 0 Å². The zero-order valence-corrected chi connectivity index (χ0v) is 16.3. The highest BCUT2D eigenvalue weighted by Gasteiger charge is 2.10. The number of aromatic hydroxyl groups is 2. The van der Waals surface area contributed by atoms with Crippen molar-refractivity contribution >= 4 is 12.4 Å². The highest BCUT2D eigenvalue weighted by atomic mass is 16.5. The van der Waals surface area contributed by atoms with E-state index < -0.39 is 0 Å². The Morgan fingerprint density at radius 3 is 1.39 bits per heavy atom. The molecule has 0 aliphatic rings. The summed E-state index contributed by atoms with van der Waals surface area (Å²) in [5, 5.41) is 20.3. The summed E-state index contributed by atoms with van der Waals surface area (Å²) in [7, 11) is 6.00. The molecular formula is C20H24N2O6. The molecule has 2 aromatic rings. The number of ether oxygens (including phenoxy) is 4. The number of hydrogen-bond donors (Lipinski definition) is 2. The predicted molar refractivity (Wildman–Crippen MR) is 107 cm³/mol. The molecular weight excluding hydrogens is 364 g/mol. The van der Waals surface area contributed by atoms with Gasteiger partial charge in [0.15, 0.2) is 23.0 Å². The molecule has 0 spiro atoms. The summed E-state index contributed by atoms with van der Waals surface area (Å²) in [6, 6.07) is 6.49. The van der Waals surface area contributed by atoms with Crippen molar-refractivity contribution in [3.05, 3.63) is 35.4 Å². The molecule has 0 saturated heterocycles. The average Bonchev–Trinajstić information content (AvgIpc) is 2.72. The van der Waals surface area contributed by atoms with Crippen LogP contribution in [0.15, 0.2) is 34.3 Å². The third-order valence-corrected chi connectivity index (χ3v) is 3.89. The van der Waals surface area contributed by atoms with Crippen LogP contribution in [0.5, 0.6) is 34.5 Å². The molecule has 150 valence electrons. The first-order valence-corrected chi connectivity index (χ1v) is 8.43. The molecule has 2 aromatic carbocycles. The lowest BCUT2D eigenvalue weighted by molar-refractivity contribution is 0.364. The van der Waals surface area contributed by atoms with Crippen LogP contribution < -0.4 is 18.9 Å². The molecule has 28 heavy (non-hydrogen) atoms. The Bertz CT molecular complexity index is 793. The van der Waals surface area contributed by atoms with E-state index >= 15 is 0 Å². The number of phenols is 2. The van der Waals surface area contributed by atoms with Crippen molar-refractivity contribution in [1.82, 2.24) is 0 Å². The third-order valence-electron chi connectivity index (χ3n) is 3.89. The first-order valence-electron chi connectivity index (χ1n) is 8.43. The Morgan fingerprint density at radius 2 is 1.07 bits per heavy atom. The fourth-order valence-corrected chi connectivity index (χ4v) is 2.39. The van der Waals surface area contributed by atoms with Gasteiger partial charge >= 0.3 is 0 Å². The lowest BCUT2D eigenvalue weighted by Gasteiger charge is -2.09. The summed E-state index contributed by atoms with van der Waals surface area (Å²) in [5.74, 6) is 1.70. The maximum absolute atomic E-state index is 10.1. The Morgan fingerprint density at radius 1 is 0.679 bits per heavy atom. The van der Waals surface area contributed by atoms with Crippen molar-refractivity contribution in [2.75, 3.05) is 41.5 Å². The molecule has 0 aliphatic heterocycles. The number of phenolic OH excluding ortho intramolecular Hbond substituents is 2. The van der Waals surface area contributed by atoms with E-state index in [1.165, 1.54) is 40.9 Å². The van der Waals surface area contributed by atoms with Gasteiger partial charge in [0.1, 0.15) is 11.5 Å². The summed E-state index contributed by atoms with van der Waals surface area (Å²) >= 11 is 0. The van der Waals surface area contributed by atoms with E-state index in [9.17, 15) is 10.2 Å². The number of benzene rings is 2. The van der Waals surface area contributed by atoms with Gasteiger partial charge in [-0.15, -0.1) is 0 Å². The number of hydrogen-bond acceptors (Lipinski definition) is 8. The van der Waals surface area contributed by atoms with Gasteiger partial charge in [0, 0.05) is 35.7 Å². The molecule has 0 aliphatic carbocycles. The lowest BCUT2D eigenvalue weighted by atomic mass is 10.2. The van der Waals surface area contributed by atoms with E-state index in [4.69, 9.17) is 18.9 Å². The number of rotatable bonds is 9. The average molecular weight is 388 g/mol. The topological polar surface area (TPSA) is 102 Å². The van der Waals surface area contributed by atoms with Crippen LogP contribution in [0.1, 0.15) is 11.1 Å². The molecule has 0 radical (unpaired) electrons. The van der Waals surface area contributed by atoms with Crippen molar-refractivity contribution in [3.63, 3.8) is 0 Å². The Kier molecular flexibility index (Phi) is 7.50. The van der Waals surface area contributed by atoms with Gasteiger partial charge < -0.3 is 29.2 Å². The molecule has 0 aromatic heterocycles. The highest BCUT2D eigenvalue weighted by molar-refractivity contribution is 5.86. The maximum atomic E-state index is 10.1. The van der Waals surface area contributed by atoms with Crippen LogP contribution in [-0.4, -0.2) is 64.2 Å². The first kappa shape index (κ1) is 20.9. The monoisotopic (exact) mass is 388 g/mol. The standard InChI is InChI=1S/C20H24N2O6/c1-25-15-7-13(19(23)17(9-15)27-3)11-21-5-6-22-12-14-8-16(26-2)10-18(28-4)20(14)24/h7-12,23-24H,5-6H2,1-4H3. The summed E-state index contributed by atoms with van der Waals surface area (Å²) < 4.78 is 20.6. The van der Waals surface area contributed by atoms with Gasteiger partial charge in [0.2, 0.25) is 0 Å².